The highest BCUT2D eigenvalue weighted by Gasteiger charge is 2.14. The van der Waals surface area contributed by atoms with Crippen molar-refractivity contribution in [2.75, 3.05) is 11.9 Å². The molecule has 0 N–H and O–H groups in total. The minimum Gasteiger partial charge on any atom is -0.370 e. The van der Waals surface area contributed by atoms with Gasteiger partial charge in [0.1, 0.15) is 0 Å². The first-order chi connectivity index (χ1) is 13.6. The molecule has 0 bridgehead atoms. The summed E-state index contributed by atoms with van der Waals surface area (Å²) < 4.78 is 2.02. The second-order valence-electron chi connectivity index (χ2n) is 7.28. The Morgan fingerprint density at radius 3 is 2.29 bits per heavy atom. The van der Waals surface area contributed by atoms with Crippen LogP contribution in [0.3, 0.4) is 0 Å². The van der Waals surface area contributed by atoms with Crippen molar-refractivity contribution in [1.82, 2.24) is 4.57 Å². The zero-order chi connectivity index (χ0) is 19.5. The zero-order valence-corrected chi connectivity index (χ0v) is 16.3. The van der Waals surface area contributed by atoms with Crippen molar-refractivity contribution < 1.29 is 4.79 Å². The number of aromatic nitrogens is 1. The Morgan fingerprint density at radius 2 is 1.54 bits per heavy atom. The van der Waals surface area contributed by atoms with Gasteiger partial charge in [-0.2, -0.15) is 0 Å². The van der Waals surface area contributed by atoms with Gasteiger partial charge in [-0.05, 0) is 29.3 Å². The Kier molecular flexibility index (Phi) is 4.98. The second kappa shape index (κ2) is 7.73. The third kappa shape index (κ3) is 3.70. The molecule has 1 heterocycles. The lowest BCUT2D eigenvalue weighted by atomic mass is 10.0. The maximum atomic E-state index is 12.9. The van der Waals surface area contributed by atoms with E-state index < -0.39 is 0 Å². The van der Waals surface area contributed by atoms with Gasteiger partial charge >= 0.3 is 0 Å². The van der Waals surface area contributed by atoms with E-state index in [0.29, 0.717) is 6.42 Å². The molecule has 0 saturated heterocycles. The van der Waals surface area contributed by atoms with Crippen molar-refractivity contribution in [3.8, 4) is 0 Å². The van der Waals surface area contributed by atoms with Gasteiger partial charge in [-0.1, -0.05) is 60.7 Å². The number of aryl methyl sites for hydroxylation is 1. The predicted molar refractivity (Wildman–Crippen MR) is 116 cm³/mol. The molecular weight excluding hydrogens is 344 g/mol. The number of hydrogen-bond acceptors (Lipinski definition) is 2. The van der Waals surface area contributed by atoms with Crippen LogP contribution in [0.25, 0.3) is 10.9 Å². The molecule has 0 spiro atoms. The van der Waals surface area contributed by atoms with E-state index >= 15 is 0 Å². The maximum absolute atomic E-state index is 12.9. The van der Waals surface area contributed by atoms with Crippen LogP contribution < -0.4 is 4.90 Å². The predicted octanol–water partition coefficient (Wildman–Crippen LogP) is 5.24. The van der Waals surface area contributed by atoms with E-state index in [1.165, 1.54) is 5.56 Å². The molecule has 0 amide bonds. The number of carbonyl (C=O) groups excluding carboxylic acids is 1. The molecule has 28 heavy (non-hydrogen) atoms. The van der Waals surface area contributed by atoms with E-state index in [1.54, 1.807) is 0 Å². The summed E-state index contributed by atoms with van der Waals surface area (Å²) in [6, 6.07) is 26.8. The molecule has 4 rings (SSSR count). The van der Waals surface area contributed by atoms with Crippen molar-refractivity contribution in [1.29, 1.82) is 0 Å². The van der Waals surface area contributed by atoms with Gasteiger partial charge in [0.25, 0.3) is 0 Å². The molecule has 0 saturated carbocycles. The van der Waals surface area contributed by atoms with Crippen LogP contribution in [0.15, 0.2) is 85.1 Å². The standard InChI is InChI=1S/C25H24N2O/c1-26(17-20-8-4-3-5-9-20)21-14-12-19(13-15-21)16-25(28)23-18-27(2)24-11-7-6-10-22(23)24/h3-15,18H,16-17H2,1-2H3. The highest BCUT2D eigenvalue weighted by molar-refractivity contribution is 6.08. The first kappa shape index (κ1) is 18.1. The van der Waals surface area contributed by atoms with E-state index in [-0.39, 0.29) is 5.78 Å². The smallest absolute Gasteiger partial charge is 0.169 e. The van der Waals surface area contributed by atoms with Gasteiger partial charge in [0.15, 0.2) is 5.78 Å². The van der Waals surface area contributed by atoms with Gasteiger partial charge < -0.3 is 9.47 Å². The lowest BCUT2D eigenvalue weighted by Crippen LogP contribution is -2.16. The zero-order valence-electron chi connectivity index (χ0n) is 16.3. The molecule has 1 aromatic heterocycles. The van der Waals surface area contributed by atoms with Crippen LogP contribution in [0.1, 0.15) is 21.5 Å². The molecule has 0 fully saturated rings. The molecule has 0 unspecified atom stereocenters. The van der Waals surface area contributed by atoms with E-state index in [0.717, 1.165) is 34.3 Å². The highest BCUT2D eigenvalue weighted by atomic mass is 16.1. The number of rotatable bonds is 6. The van der Waals surface area contributed by atoms with Crippen molar-refractivity contribution >= 4 is 22.4 Å². The van der Waals surface area contributed by atoms with Crippen molar-refractivity contribution in [2.24, 2.45) is 7.05 Å². The second-order valence-corrected chi connectivity index (χ2v) is 7.28. The topological polar surface area (TPSA) is 25.2 Å². The van der Waals surface area contributed by atoms with Crippen LogP contribution in [0, 0.1) is 0 Å². The molecule has 0 aliphatic rings. The molecule has 3 aromatic carbocycles. The highest BCUT2D eigenvalue weighted by Crippen LogP contribution is 2.23. The number of ketones is 1. The fourth-order valence-electron chi connectivity index (χ4n) is 3.66. The Morgan fingerprint density at radius 1 is 0.857 bits per heavy atom. The van der Waals surface area contributed by atoms with Gasteiger partial charge in [-0.15, -0.1) is 0 Å². The maximum Gasteiger partial charge on any atom is 0.169 e. The molecule has 3 nitrogen and oxygen atoms in total. The lowest BCUT2D eigenvalue weighted by Gasteiger charge is -2.19. The van der Waals surface area contributed by atoms with E-state index in [2.05, 4.69) is 60.5 Å². The minimum atomic E-state index is 0.155. The fraction of sp³-hybridized carbons (Fsp3) is 0.160. The summed E-state index contributed by atoms with van der Waals surface area (Å²) in [4.78, 5) is 15.1. The summed E-state index contributed by atoms with van der Waals surface area (Å²) >= 11 is 0. The monoisotopic (exact) mass is 368 g/mol. The van der Waals surface area contributed by atoms with Gasteiger partial charge in [0.05, 0.1) is 0 Å². The normalized spacial score (nSPS) is 10.9. The number of hydrogen-bond donors (Lipinski definition) is 0. The van der Waals surface area contributed by atoms with E-state index in [4.69, 9.17) is 0 Å². The average Bonchev–Trinajstić information content (AvgIpc) is 3.06. The van der Waals surface area contributed by atoms with Gasteiger partial charge in [-0.25, -0.2) is 0 Å². The molecular formula is C25H24N2O. The molecule has 0 aliphatic carbocycles. The quantitative estimate of drug-likeness (QED) is 0.435. The number of fused-ring (bicyclic) bond motifs is 1. The third-order valence-electron chi connectivity index (χ3n) is 5.20. The largest absolute Gasteiger partial charge is 0.370 e. The lowest BCUT2D eigenvalue weighted by molar-refractivity contribution is 0.0994. The molecule has 4 aromatic rings. The van der Waals surface area contributed by atoms with Crippen LogP contribution in [0.2, 0.25) is 0 Å². The van der Waals surface area contributed by atoms with Crippen molar-refractivity contribution in [3.63, 3.8) is 0 Å². The van der Waals surface area contributed by atoms with Crippen molar-refractivity contribution in [3.05, 3.63) is 102 Å². The Labute approximate surface area is 165 Å². The first-order valence-corrected chi connectivity index (χ1v) is 9.53. The van der Waals surface area contributed by atoms with E-state index in [1.807, 2.05) is 48.1 Å². The summed E-state index contributed by atoms with van der Waals surface area (Å²) in [6.07, 6.45) is 2.35. The Bertz CT molecular complexity index is 1090. The summed E-state index contributed by atoms with van der Waals surface area (Å²) in [5, 5.41) is 1.02. The summed E-state index contributed by atoms with van der Waals surface area (Å²) in [5.74, 6) is 0.155. The van der Waals surface area contributed by atoms with Crippen LogP contribution in [0.5, 0.6) is 0 Å². The third-order valence-corrected chi connectivity index (χ3v) is 5.20. The summed E-state index contributed by atoms with van der Waals surface area (Å²) in [6.45, 7) is 0.856. The Balaban J connectivity index is 1.47. The van der Waals surface area contributed by atoms with Crippen LogP contribution in [0.4, 0.5) is 5.69 Å². The molecule has 140 valence electrons. The van der Waals surface area contributed by atoms with Gasteiger partial charge in [-0.3, -0.25) is 4.79 Å². The van der Waals surface area contributed by atoms with Gasteiger partial charge in [0, 0.05) is 55.4 Å². The van der Waals surface area contributed by atoms with E-state index in [9.17, 15) is 4.79 Å². The number of carbonyl (C=O) groups is 1. The molecule has 0 radical (unpaired) electrons. The van der Waals surface area contributed by atoms with Crippen LogP contribution in [-0.4, -0.2) is 17.4 Å². The molecule has 0 atom stereocenters. The molecule has 3 heteroatoms. The first-order valence-electron chi connectivity index (χ1n) is 9.53. The molecule has 0 aliphatic heterocycles. The average molecular weight is 368 g/mol. The number of para-hydroxylation sites is 1. The summed E-state index contributed by atoms with van der Waals surface area (Å²) in [5.41, 5.74) is 5.34. The Hall–Kier alpha value is -3.33. The fourth-order valence-corrected chi connectivity index (χ4v) is 3.66. The van der Waals surface area contributed by atoms with Gasteiger partial charge in [0.2, 0.25) is 0 Å². The number of anilines is 1. The van der Waals surface area contributed by atoms with Crippen LogP contribution >= 0.6 is 0 Å². The SMILES string of the molecule is CN(Cc1ccccc1)c1ccc(CC(=O)c2cn(C)c3ccccc23)cc1. The van der Waals surface area contributed by atoms with Crippen LogP contribution in [-0.2, 0) is 20.0 Å². The minimum absolute atomic E-state index is 0.155. The number of Topliss-reactive ketones (excluding diaryl/α,β-unsaturated/α-hetero) is 1. The van der Waals surface area contributed by atoms with Crippen molar-refractivity contribution in [2.45, 2.75) is 13.0 Å². The number of benzene rings is 3. The number of nitrogens with zero attached hydrogens (tertiary/aromatic N) is 2. The summed E-state index contributed by atoms with van der Waals surface area (Å²) in [7, 11) is 4.07.